The molecule has 0 aliphatic heterocycles. The van der Waals surface area contributed by atoms with Crippen molar-refractivity contribution in [3.63, 3.8) is 0 Å². The fourth-order valence-electron chi connectivity index (χ4n) is 0.944. The zero-order chi connectivity index (χ0) is 10.3. The fourth-order valence-corrected chi connectivity index (χ4v) is 0.944. The highest BCUT2D eigenvalue weighted by Crippen LogP contribution is 1.99. The van der Waals surface area contributed by atoms with E-state index in [1.54, 1.807) is 24.9 Å². The molecule has 3 heterocycles. The van der Waals surface area contributed by atoms with E-state index in [-0.39, 0.29) is 0 Å². The second-order valence-corrected chi connectivity index (χ2v) is 2.58. The lowest BCUT2D eigenvalue weighted by Gasteiger charge is -1.80. The van der Waals surface area contributed by atoms with Gasteiger partial charge in [0.25, 0.3) is 0 Å². The molecular weight excluding hydrogens is 192 g/mol. The van der Waals surface area contributed by atoms with Crippen molar-refractivity contribution in [2.75, 3.05) is 0 Å². The molecule has 0 unspecified atom stereocenters. The highest BCUT2D eigenvalue weighted by atomic mass is 15.1. The molecule has 3 aromatic heterocycles. The summed E-state index contributed by atoms with van der Waals surface area (Å²) in [6, 6.07) is 3.65. The smallest absolute Gasteiger partial charge is 0.180 e. The van der Waals surface area contributed by atoms with E-state index < -0.39 is 0 Å². The lowest BCUT2D eigenvalue weighted by molar-refractivity contribution is 1.03. The van der Waals surface area contributed by atoms with Gasteiger partial charge >= 0.3 is 0 Å². The van der Waals surface area contributed by atoms with Crippen LogP contribution in [0.25, 0.3) is 11.2 Å². The minimum absolute atomic E-state index is 0.713. The molecule has 74 valence electrons. The van der Waals surface area contributed by atoms with E-state index in [2.05, 4.69) is 30.1 Å². The quantitative estimate of drug-likeness (QED) is 0.581. The molecule has 0 bridgehead atoms. The Balaban J connectivity index is 0.000000124. The van der Waals surface area contributed by atoms with Crippen LogP contribution in [0.15, 0.2) is 43.4 Å². The van der Waals surface area contributed by atoms with Gasteiger partial charge in [-0.05, 0) is 12.1 Å². The Morgan fingerprint density at radius 1 is 1.00 bits per heavy atom. The average Bonchev–Trinajstić information content (AvgIpc) is 2.80. The standard InChI is InChI=1S/C5H4N4.C4H4N2/c1-4-5(8-2-6-1)9-3-7-4;1-2-4-6-5-3-1/h1-3H,(H,6,7,8,9);1-4H. The third-order valence-electron chi connectivity index (χ3n) is 1.58. The topological polar surface area (TPSA) is 80.2 Å². The minimum Gasteiger partial charge on any atom is -0.342 e. The molecule has 0 saturated carbocycles. The van der Waals surface area contributed by atoms with E-state index in [0.29, 0.717) is 5.65 Å². The average molecular weight is 200 g/mol. The van der Waals surface area contributed by atoms with E-state index >= 15 is 0 Å². The molecule has 3 rings (SSSR count). The Morgan fingerprint density at radius 3 is 2.40 bits per heavy atom. The highest BCUT2D eigenvalue weighted by Gasteiger charge is 1.91. The zero-order valence-corrected chi connectivity index (χ0v) is 7.78. The largest absolute Gasteiger partial charge is 0.342 e. The van der Waals surface area contributed by atoms with Gasteiger partial charge in [0.15, 0.2) is 5.65 Å². The molecule has 0 atom stereocenters. The first-order valence-corrected chi connectivity index (χ1v) is 4.27. The van der Waals surface area contributed by atoms with Crippen molar-refractivity contribution in [3.8, 4) is 0 Å². The Labute approximate surface area is 85.5 Å². The number of fused-ring (bicyclic) bond motifs is 1. The summed E-state index contributed by atoms with van der Waals surface area (Å²) in [7, 11) is 0. The van der Waals surface area contributed by atoms with Crippen molar-refractivity contribution < 1.29 is 0 Å². The van der Waals surface area contributed by atoms with Gasteiger partial charge < -0.3 is 4.98 Å². The molecule has 0 aliphatic carbocycles. The molecule has 0 aromatic carbocycles. The van der Waals surface area contributed by atoms with Gasteiger partial charge in [0, 0.05) is 12.4 Å². The molecule has 6 nitrogen and oxygen atoms in total. The Bertz CT molecular complexity index is 449. The van der Waals surface area contributed by atoms with Crippen LogP contribution in [-0.4, -0.2) is 30.1 Å². The maximum atomic E-state index is 3.91. The van der Waals surface area contributed by atoms with Gasteiger partial charge in [-0.15, -0.1) is 0 Å². The first-order valence-electron chi connectivity index (χ1n) is 4.27. The van der Waals surface area contributed by atoms with Gasteiger partial charge in [0.1, 0.15) is 11.8 Å². The number of imidazole rings is 1. The van der Waals surface area contributed by atoms with E-state index in [4.69, 9.17) is 0 Å². The third kappa shape index (κ3) is 2.53. The number of nitrogens with one attached hydrogen (secondary N) is 1. The monoisotopic (exact) mass is 200 g/mol. The Hall–Kier alpha value is -2.37. The Morgan fingerprint density at radius 2 is 1.80 bits per heavy atom. The van der Waals surface area contributed by atoms with Gasteiger partial charge in [-0.2, -0.15) is 10.2 Å². The first-order chi connectivity index (χ1) is 7.47. The molecule has 3 aromatic rings. The predicted octanol–water partition coefficient (Wildman–Crippen LogP) is 0.829. The maximum absolute atomic E-state index is 3.91. The van der Waals surface area contributed by atoms with Gasteiger partial charge in [-0.1, -0.05) is 0 Å². The van der Waals surface area contributed by atoms with Gasteiger partial charge in [0.2, 0.25) is 0 Å². The molecule has 0 amide bonds. The van der Waals surface area contributed by atoms with Crippen LogP contribution < -0.4 is 0 Å². The highest BCUT2D eigenvalue weighted by molar-refractivity contribution is 5.67. The van der Waals surface area contributed by atoms with Crippen molar-refractivity contribution >= 4 is 11.2 Å². The summed E-state index contributed by atoms with van der Waals surface area (Å²) in [5, 5.41) is 7.07. The molecule has 0 aliphatic rings. The van der Waals surface area contributed by atoms with Crippen LogP contribution in [0.2, 0.25) is 0 Å². The Kier molecular flexibility index (Phi) is 2.91. The molecule has 15 heavy (non-hydrogen) atoms. The lowest BCUT2D eigenvalue weighted by atomic mass is 10.6. The van der Waals surface area contributed by atoms with Crippen LogP contribution in [-0.2, 0) is 0 Å². The van der Waals surface area contributed by atoms with E-state index in [9.17, 15) is 0 Å². The number of hydrogen-bond donors (Lipinski definition) is 1. The van der Waals surface area contributed by atoms with Crippen LogP contribution >= 0.6 is 0 Å². The number of rotatable bonds is 0. The first kappa shape index (κ1) is 9.20. The molecule has 0 radical (unpaired) electrons. The SMILES string of the molecule is c1ccnnc1.c1ncc2[nH]cnc2n1. The van der Waals surface area contributed by atoms with E-state index in [0.717, 1.165) is 5.52 Å². The van der Waals surface area contributed by atoms with Gasteiger partial charge in [-0.25, -0.2) is 15.0 Å². The van der Waals surface area contributed by atoms with Crippen molar-refractivity contribution in [2.24, 2.45) is 0 Å². The number of aromatic nitrogens is 6. The molecule has 0 spiro atoms. The van der Waals surface area contributed by atoms with E-state index in [1.165, 1.54) is 6.33 Å². The van der Waals surface area contributed by atoms with Crippen LogP contribution in [0.5, 0.6) is 0 Å². The maximum Gasteiger partial charge on any atom is 0.180 e. The third-order valence-corrected chi connectivity index (χ3v) is 1.58. The molecule has 0 fully saturated rings. The van der Waals surface area contributed by atoms with Crippen molar-refractivity contribution in [1.82, 2.24) is 30.1 Å². The molecular formula is C9H8N6. The number of H-pyrrole nitrogens is 1. The predicted molar refractivity (Wildman–Crippen MR) is 53.7 cm³/mol. The zero-order valence-electron chi connectivity index (χ0n) is 7.78. The fraction of sp³-hybridized carbons (Fsp3) is 0. The van der Waals surface area contributed by atoms with E-state index in [1.807, 2.05) is 12.1 Å². The van der Waals surface area contributed by atoms with Crippen LogP contribution in [0.3, 0.4) is 0 Å². The van der Waals surface area contributed by atoms with Crippen molar-refractivity contribution in [1.29, 1.82) is 0 Å². The second-order valence-electron chi connectivity index (χ2n) is 2.58. The molecule has 0 saturated heterocycles. The number of aromatic amines is 1. The summed E-state index contributed by atoms with van der Waals surface area (Å²) in [5.74, 6) is 0. The summed E-state index contributed by atoms with van der Waals surface area (Å²) in [4.78, 5) is 14.5. The number of nitrogens with zero attached hydrogens (tertiary/aromatic N) is 5. The van der Waals surface area contributed by atoms with Crippen LogP contribution in [0.4, 0.5) is 0 Å². The van der Waals surface area contributed by atoms with Crippen molar-refractivity contribution in [3.05, 3.63) is 43.4 Å². The summed E-state index contributed by atoms with van der Waals surface area (Å²) < 4.78 is 0. The van der Waals surface area contributed by atoms with Crippen LogP contribution in [0.1, 0.15) is 0 Å². The second kappa shape index (κ2) is 4.75. The molecule has 6 heteroatoms. The summed E-state index contributed by atoms with van der Waals surface area (Å²) in [5.41, 5.74) is 1.59. The summed E-state index contributed by atoms with van der Waals surface area (Å²) in [6.07, 6.45) is 8.04. The number of hydrogen-bond acceptors (Lipinski definition) is 5. The van der Waals surface area contributed by atoms with Gasteiger partial charge in [0.05, 0.1) is 12.5 Å². The van der Waals surface area contributed by atoms with Gasteiger partial charge in [-0.3, -0.25) is 0 Å². The molecule has 1 N–H and O–H groups in total. The normalized spacial score (nSPS) is 9.33. The minimum atomic E-state index is 0.713. The summed E-state index contributed by atoms with van der Waals surface area (Å²) >= 11 is 0. The van der Waals surface area contributed by atoms with Crippen LogP contribution in [0, 0.1) is 0 Å². The van der Waals surface area contributed by atoms with Crippen molar-refractivity contribution in [2.45, 2.75) is 0 Å². The lowest BCUT2D eigenvalue weighted by Crippen LogP contribution is -1.76. The summed E-state index contributed by atoms with van der Waals surface area (Å²) in [6.45, 7) is 0.